The van der Waals surface area contributed by atoms with Crippen LogP contribution >= 0.6 is 11.3 Å². The SMILES string of the molecule is C=C(O)c1nc(C)sc1C(C)C. The number of hydrogen-bond donors (Lipinski definition) is 1. The fourth-order valence-corrected chi connectivity index (χ4v) is 1.99. The highest BCUT2D eigenvalue weighted by atomic mass is 32.1. The van der Waals surface area contributed by atoms with Crippen molar-refractivity contribution in [3.63, 3.8) is 0 Å². The lowest BCUT2D eigenvalue weighted by Crippen LogP contribution is -1.90. The standard InChI is InChI=1S/C9H13NOS/c1-5(2)9-8(6(3)11)10-7(4)12-9/h5,11H,3H2,1-2,4H3. The fourth-order valence-electron chi connectivity index (χ4n) is 1.04. The number of thiazole rings is 1. The van der Waals surface area contributed by atoms with Crippen LogP contribution in [0.1, 0.15) is 35.3 Å². The predicted octanol–water partition coefficient (Wildman–Crippen LogP) is 3.10. The van der Waals surface area contributed by atoms with E-state index in [1.54, 1.807) is 11.3 Å². The van der Waals surface area contributed by atoms with Crippen molar-refractivity contribution in [3.8, 4) is 0 Å². The lowest BCUT2D eigenvalue weighted by atomic mass is 10.1. The Balaban J connectivity index is 3.17. The average molecular weight is 183 g/mol. The van der Waals surface area contributed by atoms with Gasteiger partial charge >= 0.3 is 0 Å². The number of aryl methyl sites for hydroxylation is 1. The molecule has 0 amide bonds. The Morgan fingerprint density at radius 1 is 1.58 bits per heavy atom. The second-order valence-electron chi connectivity index (χ2n) is 3.05. The molecule has 0 radical (unpaired) electrons. The maximum Gasteiger partial charge on any atom is 0.135 e. The van der Waals surface area contributed by atoms with Crippen molar-refractivity contribution >= 4 is 17.1 Å². The van der Waals surface area contributed by atoms with Crippen LogP contribution in [0.25, 0.3) is 5.76 Å². The minimum atomic E-state index is 0.0723. The fraction of sp³-hybridized carbons (Fsp3) is 0.444. The molecule has 0 aliphatic carbocycles. The van der Waals surface area contributed by atoms with Gasteiger partial charge < -0.3 is 5.11 Å². The lowest BCUT2D eigenvalue weighted by molar-refractivity contribution is 0.509. The first-order valence-corrected chi connectivity index (χ1v) is 4.69. The first-order valence-electron chi connectivity index (χ1n) is 3.88. The van der Waals surface area contributed by atoms with Crippen molar-refractivity contribution in [1.82, 2.24) is 4.98 Å². The summed E-state index contributed by atoms with van der Waals surface area (Å²) >= 11 is 1.62. The van der Waals surface area contributed by atoms with Crippen molar-refractivity contribution < 1.29 is 5.11 Å². The third-order valence-corrected chi connectivity index (χ3v) is 2.83. The van der Waals surface area contributed by atoms with Gasteiger partial charge in [-0.2, -0.15) is 0 Å². The van der Waals surface area contributed by atoms with Gasteiger partial charge in [-0.15, -0.1) is 11.3 Å². The number of rotatable bonds is 2. The van der Waals surface area contributed by atoms with Crippen LogP contribution in [0.5, 0.6) is 0 Å². The Bertz CT molecular complexity index is 301. The summed E-state index contributed by atoms with van der Waals surface area (Å²) in [4.78, 5) is 5.31. The molecule has 12 heavy (non-hydrogen) atoms. The number of hydrogen-bond acceptors (Lipinski definition) is 3. The molecule has 0 aliphatic rings. The van der Waals surface area contributed by atoms with E-state index in [1.807, 2.05) is 6.92 Å². The summed E-state index contributed by atoms with van der Waals surface area (Å²) in [5, 5.41) is 10.2. The molecule has 66 valence electrons. The van der Waals surface area contributed by atoms with Gasteiger partial charge in [0.2, 0.25) is 0 Å². The van der Waals surface area contributed by atoms with E-state index in [0.29, 0.717) is 11.6 Å². The van der Waals surface area contributed by atoms with E-state index in [2.05, 4.69) is 25.4 Å². The van der Waals surface area contributed by atoms with Gasteiger partial charge in [0.1, 0.15) is 11.5 Å². The quantitative estimate of drug-likeness (QED) is 0.715. The second-order valence-corrected chi connectivity index (χ2v) is 4.28. The minimum absolute atomic E-state index is 0.0723. The number of aliphatic hydroxyl groups is 1. The Morgan fingerprint density at radius 2 is 2.17 bits per heavy atom. The topological polar surface area (TPSA) is 33.1 Å². The highest BCUT2D eigenvalue weighted by Gasteiger charge is 2.13. The molecule has 1 rings (SSSR count). The van der Waals surface area contributed by atoms with E-state index in [9.17, 15) is 5.11 Å². The molecule has 0 spiro atoms. The highest BCUT2D eigenvalue weighted by molar-refractivity contribution is 7.11. The zero-order valence-corrected chi connectivity index (χ0v) is 8.40. The van der Waals surface area contributed by atoms with E-state index in [0.717, 1.165) is 9.88 Å². The summed E-state index contributed by atoms with van der Waals surface area (Å²) < 4.78 is 0. The van der Waals surface area contributed by atoms with Crippen LogP contribution in [0.3, 0.4) is 0 Å². The van der Waals surface area contributed by atoms with Gasteiger partial charge in [0.05, 0.1) is 5.01 Å². The molecule has 0 atom stereocenters. The summed E-state index contributed by atoms with van der Waals surface area (Å²) in [6.45, 7) is 9.58. The predicted molar refractivity (Wildman–Crippen MR) is 52.6 cm³/mol. The number of aromatic nitrogens is 1. The first kappa shape index (κ1) is 9.26. The summed E-state index contributed by atoms with van der Waals surface area (Å²) in [5.74, 6) is 0.471. The van der Waals surface area contributed by atoms with Gasteiger partial charge in [0.15, 0.2) is 0 Å². The molecule has 1 aromatic heterocycles. The van der Waals surface area contributed by atoms with Crippen LogP contribution in [0.4, 0.5) is 0 Å². The third-order valence-electron chi connectivity index (χ3n) is 1.56. The molecule has 0 saturated carbocycles. The van der Waals surface area contributed by atoms with E-state index in [4.69, 9.17) is 0 Å². The Kier molecular flexibility index (Phi) is 2.52. The van der Waals surface area contributed by atoms with Crippen LogP contribution < -0.4 is 0 Å². The van der Waals surface area contributed by atoms with Gasteiger partial charge in [-0.3, -0.25) is 0 Å². The summed E-state index contributed by atoms with van der Waals surface area (Å²) in [6, 6.07) is 0. The van der Waals surface area contributed by atoms with Gasteiger partial charge in [0, 0.05) is 4.88 Å². The molecule has 1 aromatic rings. The van der Waals surface area contributed by atoms with Crippen molar-refractivity contribution in [2.24, 2.45) is 0 Å². The van der Waals surface area contributed by atoms with Crippen LogP contribution in [0, 0.1) is 6.92 Å². The smallest absolute Gasteiger partial charge is 0.135 e. The van der Waals surface area contributed by atoms with Crippen molar-refractivity contribution in [3.05, 3.63) is 22.2 Å². The van der Waals surface area contributed by atoms with Crippen LogP contribution in [0.15, 0.2) is 6.58 Å². The zero-order chi connectivity index (χ0) is 9.30. The summed E-state index contributed by atoms with van der Waals surface area (Å²) in [7, 11) is 0. The highest BCUT2D eigenvalue weighted by Crippen LogP contribution is 2.28. The molecular weight excluding hydrogens is 170 g/mol. The van der Waals surface area contributed by atoms with E-state index >= 15 is 0 Å². The van der Waals surface area contributed by atoms with E-state index < -0.39 is 0 Å². The Morgan fingerprint density at radius 3 is 2.50 bits per heavy atom. The third kappa shape index (κ3) is 1.67. The molecule has 1 N–H and O–H groups in total. The van der Waals surface area contributed by atoms with Gasteiger partial charge in [-0.05, 0) is 12.8 Å². The molecular formula is C9H13NOS. The molecule has 0 aromatic carbocycles. The van der Waals surface area contributed by atoms with E-state index in [1.165, 1.54) is 0 Å². The maximum atomic E-state index is 9.22. The molecule has 0 unspecified atom stereocenters. The van der Waals surface area contributed by atoms with Crippen LogP contribution in [0.2, 0.25) is 0 Å². The van der Waals surface area contributed by atoms with E-state index in [-0.39, 0.29) is 5.76 Å². The van der Waals surface area contributed by atoms with Gasteiger partial charge in [-0.25, -0.2) is 4.98 Å². The van der Waals surface area contributed by atoms with Crippen molar-refractivity contribution in [2.75, 3.05) is 0 Å². The Hall–Kier alpha value is -0.830. The molecule has 2 nitrogen and oxygen atoms in total. The largest absolute Gasteiger partial charge is 0.506 e. The molecule has 0 bridgehead atoms. The number of aliphatic hydroxyl groups excluding tert-OH is 1. The summed E-state index contributed by atoms with van der Waals surface area (Å²) in [6.07, 6.45) is 0. The first-order chi connectivity index (χ1) is 5.52. The summed E-state index contributed by atoms with van der Waals surface area (Å²) in [5.41, 5.74) is 0.660. The van der Waals surface area contributed by atoms with Crippen molar-refractivity contribution in [2.45, 2.75) is 26.7 Å². The molecule has 0 fully saturated rings. The number of nitrogens with zero attached hydrogens (tertiary/aromatic N) is 1. The normalized spacial score (nSPS) is 10.7. The molecule has 1 heterocycles. The average Bonchev–Trinajstić information content (AvgIpc) is 2.31. The van der Waals surface area contributed by atoms with Gasteiger partial charge in [-0.1, -0.05) is 20.4 Å². The molecule has 3 heteroatoms. The van der Waals surface area contributed by atoms with Crippen LogP contribution in [-0.4, -0.2) is 10.1 Å². The monoisotopic (exact) mass is 183 g/mol. The maximum absolute atomic E-state index is 9.22. The molecule has 0 saturated heterocycles. The van der Waals surface area contributed by atoms with Crippen LogP contribution in [-0.2, 0) is 0 Å². The van der Waals surface area contributed by atoms with Crippen molar-refractivity contribution in [1.29, 1.82) is 0 Å². The second kappa shape index (κ2) is 3.27. The lowest BCUT2D eigenvalue weighted by Gasteiger charge is -2.02. The Labute approximate surface area is 76.6 Å². The zero-order valence-electron chi connectivity index (χ0n) is 7.59. The minimum Gasteiger partial charge on any atom is -0.506 e. The molecule has 0 aliphatic heterocycles. The van der Waals surface area contributed by atoms with Gasteiger partial charge in [0.25, 0.3) is 0 Å².